The molecular weight excluding hydrogens is 514 g/mol. The van der Waals surface area contributed by atoms with Crippen molar-refractivity contribution >= 4 is 27.5 Å². The lowest BCUT2D eigenvalue weighted by molar-refractivity contribution is -0.140. The smallest absolute Gasteiger partial charge is 0.264 e. The molecule has 208 valence electrons. The van der Waals surface area contributed by atoms with Gasteiger partial charge in [0.15, 0.2) is 0 Å². The lowest BCUT2D eigenvalue weighted by atomic mass is 10.1. The van der Waals surface area contributed by atoms with Crippen LogP contribution in [0, 0.1) is 13.8 Å². The van der Waals surface area contributed by atoms with Crippen LogP contribution in [-0.2, 0) is 26.2 Å². The minimum absolute atomic E-state index is 0.0303. The number of sulfonamides is 1. The molecule has 0 aliphatic carbocycles. The molecule has 0 spiro atoms. The van der Waals surface area contributed by atoms with E-state index >= 15 is 0 Å². The molecule has 3 aromatic carbocycles. The minimum atomic E-state index is -4.13. The first-order chi connectivity index (χ1) is 18.6. The SMILES string of the molecule is CCOc1ccc(S(=O)(=O)N(CC(=O)N(Cc2ccc(C)cc2)[C@H](CC)C(=O)NC)c2ccc(C)cc2)cc1. The van der Waals surface area contributed by atoms with E-state index < -0.39 is 28.5 Å². The van der Waals surface area contributed by atoms with Crippen molar-refractivity contribution in [3.05, 3.63) is 89.5 Å². The number of hydrogen-bond donors (Lipinski definition) is 1. The number of nitrogens with one attached hydrogen (secondary N) is 1. The number of benzene rings is 3. The van der Waals surface area contributed by atoms with E-state index in [1.54, 1.807) is 36.4 Å². The van der Waals surface area contributed by atoms with Crippen molar-refractivity contribution in [1.82, 2.24) is 10.2 Å². The summed E-state index contributed by atoms with van der Waals surface area (Å²) in [5.74, 6) is -0.245. The van der Waals surface area contributed by atoms with Crippen LogP contribution in [0.15, 0.2) is 77.7 Å². The van der Waals surface area contributed by atoms with Crippen LogP contribution >= 0.6 is 0 Å². The number of amides is 2. The monoisotopic (exact) mass is 551 g/mol. The Morgan fingerprint density at radius 1 is 0.872 bits per heavy atom. The maximum atomic E-state index is 13.9. The Morgan fingerprint density at radius 3 is 1.95 bits per heavy atom. The standard InChI is InChI=1S/C30H37N3O5S/c1-6-28(30(35)31-5)32(20-24-12-8-22(3)9-13-24)29(34)21-33(25-14-10-23(4)11-15-25)39(36,37)27-18-16-26(17-19-27)38-7-2/h8-19,28H,6-7,20-21H2,1-5H3,(H,31,35)/t28-/m1/s1. The summed E-state index contributed by atoms with van der Waals surface area (Å²) in [5.41, 5.74) is 3.22. The molecule has 3 rings (SSSR count). The van der Waals surface area contributed by atoms with Crippen LogP contribution in [0.5, 0.6) is 5.75 Å². The van der Waals surface area contributed by atoms with Crippen molar-refractivity contribution in [3.63, 3.8) is 0 Å². The van der Waals surface area contributed by atoms with E-state index in [1.165, 1.54) is 24.1 Å². The molecular formula is C30H37N3O5S. The van der Waals surface area contributed by atoms with Gasteiger partial charge in [0.2, 0.25) is 11.8 Å². The Bertz CT molecular complexity index is 1360. The van der Waals surface area contributed by atoms with Crippen LogP contribution in [-0.4, -0.2) is 51.4 Å². The predicted octanol–water partition coefficient (Wildman–Crippen LogP) is 4.45. The fourth-order valence-electron chi connectivity index (χ4n) is 4.22. The highest BCUT2D eigenvalue weighted by Crippen LogP contribution is 2.26. The van der Waals surface area contributed by atoms with Crippen molar-refractivity contribution in [3.8, 4) is 5.75 Å². The topological polar surface area (TPSA) is 96.0 Å². The molecule has 0 radical (unpaired) electrons. The average molecular weight is 552 g/mol. The van der Waals surface area contributed by atoms with Crippen LogP contribution in [0.4, 0.5) is 5.69 Å². The number of carbonyl (C=O) groups is 2. The van der Waals surface area contributed by atoms with Gasteiger partial charge >= 0.3 is 0 Å². The van der Waals surface area contributed by atoms with Gasteiger partial charge in [0, 0.05) is 13.6 Å². The van der Waals surface area contributed by atoms with Crippen molar-refractivity contribution < 1.29 is 22.7 Å². The molecule has 0 aromatic heterocycles. The van der Waals surface area contributed by atoms with E-state index in [9.17, 15) is 18.0 Å². The summed E-state index contributed by atoms with van der Waals surface area (Å²) >= 11 is 0. The molecule has 1 atom stereocenters. The van der Waals surface area contributed by atoms with Crippen LogP contribution in [0.1, 0.15) is 37.0 Å². The first-order valence-corrected chi connectivity index (χ1v) is 14.4. The summed E-state index contributed by atoms with van der Waals surface area (Å²) in [4.78, 5) is 28.2. The highest BCUT2D eigenvalue weighted by atomic mass is 32.2. The van der Waals surface area contributed by atoms with Gasteiger partial charge in [0.1, 0.15) is 18.3 Å². The van der Waals surface area contributed by atoms with Gasteiger partial charge in [-0.1, -0.05) is 54.4 Å². The Labute approximate surface area is 231 Å². The average Bonchev–Trinajstić information content (AvgIpc) is 2.93. The number of rotatable bonds is 12. The maximum absolute atomic E-state index is 13.9. The molecule has 0 aliphatic heterocycles. The molecule has 0 aliphatic rings. The Balaban J connectivity index is 2.03. The van der Waals surface area contributed by atoms with Crippen LogP contribution < -0.4 is 14.4 Å². The number of aryl methyl sites for hydroxylation is 2. The molecule has 0 saturated heterocycles. The van der Waals surface area contributed by atoms with Gasteiger partial charge in [0.05, 0.1) is 17.2 Å². The summed E-state index contributed by atoms with van der Waals surface area (Å²) in [5, 5.41) is 2.63. The summed E-state index contributed by atoms with van der Waals surface area (Å²) < 4.78 is 34.4. The maximum Gasteiger partial charge on any atom is 0.264 e. The zero-order valence-electron chi connectivity index (χ0n) is 23.2. The molecule has 2 amide bonds. The Hall–Kier alpha value is -3.85. The first-order valence-electron chi connectivity index (χ1n) is 13.0. The van der Waals surface area contributed by atoms with E-state index in [0.717, 1.165) is 21.0 Å². The Kier molecular flexibility index (Phi) is 10.1. The second-order valence-electron chi connectivity index (χ2n) is 9.30. The van der Waals surface area contributed by atoms with E-state index in [2.05, 4.69) is 5.32 Å². The number of carbonyl (C=O) groups excluding carboxylic acids is 2. The fourth-order valence-corrected chi connectivity index (χ4v) is 5.63. The number of anilines is 1. The third kappa shape index (κ3) is 7.38. The number of ether oxygens (including phenoxy) is 1. The molecule has 0 saturated carbocycles. The van der Waals surface area contributed by atoms with E-state index in [0.29, 0.717) is 24.5 Å². The molecule has 3 aromatic rings. The lowest BCUT2D eigenvalue weighted by Crippen LogP contribution is -2.51. The van der Waals surface area contributed by atoms with E-state index in [4.69, 9.17) is 4.74 Å². The van der Waals surface area contributed by atoms with Crippen LogP contribution in [0.2, 0.25) is 0 Å². The highest BCUT2D eigenvalue weighted by Gasteiger charge is 2.33. The van der Waals surface area contributed by atoms with E-state index in [1.807, 2.05) is 52.0 Å². The van der Waals surface area contributed by atoms with Crippen molar-refractivity contribution in [2.45, 2.75) is 51.6 Å². The molecule has 9 heteroatoms. The third-order valence-corrected chi connectivity index (χ3v) is 8.22. The molecule has 0 bridgehead atoms. The van der Waals surface area contributed by atoms with Crippen LogP contribution in [0.25, 0.3) is 0 Å². The Morgan fingerprint density at radius 2 is 1.44 bits per heavy atom. The molecule has 39 heavy (non-hydrogen) atoms. The normalized spacial score (nSPS) is 11.9. The quantitative estimate of drug-likeness (QED) is 0.359. The first kappa shape index (κ1) is 29.7. The van der Waals surface area contributed by atoms with Crippen molar-refractivity contribution in [2.75, 3.05) is 24.5 Å². The van der Waals surface area contributed by atoms with Gasteiger partial charge in [-0.3, -0.25) is 13.9 Å². The molecule has 8 nitrogen and oxygen atoms in total. The van der Waals surface area contributed by atoms with Gasteiger partial charge in [-0.25, -0.2) is 8.42 Å². The molecule has 1 N–H and O–H groups in total. The molecule has 0 unspecified atom stereocenters. The third-order valence-electron chi connectivity index (χ3n) is 6.43. The second-order valence-corrected chi connectivity index (χ2v) is 11.2. The summed E-state index contributed by atoms with van der Waals surface area (Å²) in [6.07, 6.45) is 0.368. The van der Waals surface area contributed by atoms with Gasteiger partial charge in [0.25, 0.3) is 10.0 Å². The van der Waals surface area contributed by atoms with Gasteiger partial charge in [-0.15, -0.1) is 0 Å². The molecule has 0 heterocycles. The number of hydrogen-bond acceptors (Lipinski definition) is 5. The zero-order valence-corrected chi connectivity index (χ0v) is 24.0. The van der Waals surface area contributed by atoms with Gasteiger partial charge in [-0.05, 0) is 69.2 Å². The minimum Gasteiger partial charge on any atom is -0.494 e. The van der Waals surface area contributed by atoms with Crippen molar-refractivity contribution in [1.29, 1.82) is 0 Å². The number of likely N-dealkylation sites (N-methyl/N-ethyl adjacent to an activating group) is 1. The lowest BCUT2D eigenvalue weighted by Gasteiger charge is -2.33. The fraction of sp³-hybridized carbons (Fsp3) is 0.333. The van der Waals surface area contributed by atoms with E-state index in [-0.39, 0.29) is 17.3 Å². The summed E-state index contributed by atoms with van der Waals surface area (Å²) in [6, 6.07) is 20.0. The number of nitrogens with zero attached hydrogens (tertiary/aromatic N) is 2. The predicted molar refractivity (Wildman–Crippen MR) is 153 cm³/mol. The van der Waals surface area contributed by atoms with Crippen LogP contribution in [0.3, 0.4) is 0 Å². The van der Waals surface area contributed by atoms with Gasteiger partial charge in [-0.2, -0.15) is 0 Å². The second kappa shape index (κ2) is 13.3. The largest absolute Gasteiger partial charge is 0.494 e. The highest BCUT2D eigenvalue weighted by molar-refractivity contribution is 7.92. The van der Waals surface area contributed by atoms with Crippen molar-refractivity contribution in [2.24, 2.45) is 0 Å². The summed E-state index contributed by atoms with van der Waals surface area (Å²) in [7, 11) is -2.61. The zero-order chi connectivity index (χ0) is 28.6. The molecule has 0 fully saturated rings. The van der Waals surface area contributed by atoms with Gasteiger partial charge < -0.3 is 15.0 Å². The summed E-state index contributed by atoms with van der Waals surface area (Å²) in [6.45, 7) is 7.69.